The smallest absolute Gasteiger partial charge is 0.417 e. The Hall–Kier alpha value is -2.57. The van der Waals surface area contributed by atoms with E-state index >= 15 is 0 Å². The van der Waals surface area contributed by atoms with Gasteiger partial charge in [0.2, 0.25) is 11.8 Å². The summed E-state index contributed by atoms with van der Waals surface area (Å²) in [6.45, 7) is 3.51. The second kappa shape index (κ2) is 6.68. The lowest BCUT2D eigenvalue weighted by molar-refractivity contribution is -0.137. The highest BCUT2D eigenvalue weighted by atomic mass is 19.4. The van der Waals surface area contributed by atoms with Crippen LogP contribution in [0, 0.1) is 6.92 Å². The molecule has 0 saturated carbocycles. The van der Waals surface area contributed by atoms with Crippen LogP contribution in [0.5, 0.6) is 11.6 Å². The van der Waals surface area contributed by atoms with Gasteiger partial charge in [0.25, 0.3) is 0 Å². The van der Waals surface area contributed by atoms with Gasteiger partial charge in [-0.25, -0.2) is 4.98 Å². The van der Waals surface area contributed by atoms with E-state index in [1.54, 1.807) is 32.0 Å². The summed E-state index contributed by atoms with van der Waals surface area (Å²) in [6.07, 6.45) is -3.34. The van der Waals surface area contributed by atoms with E-state index in [1.165, 1.54) is 0 Å². The van der Waals surface area contributed by atoms with Crippen molar-refractivity contribution in [3.8, 4) is 11.6 Å². The molecule has 0 saturated heterocycles. The molecule has 4 nitrogen and oxygen atoms in total. The van der Waals surface area contributed by atoms with Gasteiger partial charge in [0.05, 0.1) is 5.56 Å². The third-order valence-electron chi connectivity index (χ3n) is 3.06. The zero-order valence-electron chi connectivity index (χ0n) is 12.6. The summed E-state index contributed by atoms with van der Waals surface area (Å²) in [4.78, 5) is 15.0. The number of carbonyl (C=O) groups is 1. The summed E-state index contributed by atoms with van der Waals surface area (Å²) in [5.41, 5.74) is 0.516. The number of nitrogens with one attached hydrogen (secondary N) is 1. The van der Waals surface area contributed by atoms with Crippen LogP contribution in [0.4, 0.5) is 18.9 Å². The Balaban J connectivity index is 2.12. The molecule has 23 heavy (non-hydrogen) atoms. The average Bonchev–Trinajstić information content (AvgIpc) is 2.49. The van der Waals surface area contributed by atoms with E-state index in [-0.39, 0.29) is 11.8 Å². The molecule has 0 atom stereocenters. The minimum absolute atomic E-state index is 0.0615. The summed E-state index contributed by atoms with van der Waals surface area (Å²) < 4.78 is 42.9. The first-order valence-corrected chi connectivity index (χ1v) is 6.91. The first-order chi connectivity index (χ1) is 10.8. The minimum Gasteiger partial charge on any atom is -0.439 e. The van der Waals surface area contributed by atoms with E-state index in [4.69, 9.17) is 4.74 Å². The van der Waals surface area contributed by atoms with Crippen molar-refractivity contribution in [1.82, 2.24) is 4.98 Å². The molecule has 0 aliphatic rings. The summed E-state index contributed by atoms with van der Waals surface area (Å²) >= 11 is 0. The molecule has 0 aliphatic heterocycles. The summed E-state index contributed by atoms with van der Waals surface area (Å²) in [6, 6.07) is 7.06. The van der Waals surface area contributed by atoms with Gasteiger partial charge in [-0.2, -0.15) is 13.2 Å². The number of aromatic nitrogens is 1. The van der Waals surface area contributed by atoms with Crippen LogP contribution < -0.4 is 10.1 Å². The van der Waals surface area contributed by atoms with Crippen LogP contribution in [0.15, 0.2) is 36.5 Å². The third-order valence-corrected chi connectivity index (χ3v) is 3.06. The quantitative estimate of drug-likeness (QED) is 0.897. The fraction of sp³-hybridized carbons (Fsp3) is 0.250. The molecule has 0 unspecified atom stereocenters. The third kappa shape index (κ3) is 4.45. The van der Waals surface area contributed by atoms with Crippen molar-refractivity contribution in [2.75, 3.05) is 5.32 Å². The van der Waals surface area contributed by atoms with Gasteiger partial charge in [0, 0.05) is 24.4 Å². The van der Waals surface area contributed by atoms with E-state index < -0.39 is 11.7 Å². The van der Waals surface area contributed by atoms with Crippen LogP contribution in [0.25, 0.3) is 0 Å². The first-order valence-electron chi connectivity index (χ1n) is 6.91. The molecule has 1 amide bonds. The molecule has 7 heteroatoms. The molecule has 0 bridgehead atoms. The van der Waals surface area contributed by atoms with Crippen molar-refractivity contribution in [1.29, 1.82) is 0 Å². The van der Waals surface area contributed by atoms with Crippen molar-refractivity contribution in [2.24, 2.45) is 0 Å². The Bertz CT molecular complexity index is 697. The van der Waals surface area contributed by atoms with Crippen LogP contribution >= 0.6 is 0 Å². The number of halogens is 3. The van der Waals surface area contributed by atoms with Crippen molar-refractivity contribution in [2.45, 2.75) is 26.4 Å². The van der Waals surface area contributed by atoms with Crippen molar-refractivity contribution in [3.05, 3.63) is 47.7 Å². The van der Waals surface area contributed by atoms with E-state index in [2.05, 4.69) is 10.3 Å². The number of benzene rings is 1. The number of nitrogens with zero attached hydrogens (tertiary/aromatic N) is 1. The highest BCUT2D eigenvalue weighted by Crippen LogP contribution is 2.31. The molecular weight excluding hydrogens is 309 g/mol. The van der Waals surface area contributed by atoms with Gasteiger partial charge in [-0.05, 0) is 36.8 Å². The predicted molar refractivity (Wildman–Crippen MR) is 79.4 cm³/mol. The van der Waals surface area contributed by atoms with Gasteiger partial charge in [-0.3, -0.25) is 4.79 Å². The highest BCUT2D eigenvalue weighted by molar-refractivity contribution is 5.90. The van der Waals surface area contributed by atoms with Crippen molar-refractivity contribution < 1.29 is 22.7 Å². The van der Waals surface area contributed by atoms with Crippen LogP contribution in [-0.2, 0) is 11.0 Å². The number of amides is 1. The number of hydrogen-bond donors (Lipinski definition) is 1. The average molecular weight is 324 g/mol. The maximum Gasteiger partial charge on any atom is 0.417 e. The molecule has 0 radical (unpaired) electrons. The molecule has 122 valence electrons. The summed E-state index contributed by atoms with van der Waals surface area (Å²) in [5.74, 6) is 0.403. The Morgan fingerprint density at radius 2 is 2.00 bits per heavy atom. The molecule has 0 spiro atoms. The Kier molecular flexibility index (Phi) is 4.88. The molecular formula is C16H15F3N2O2. The maximum atomic E-state index is 12.5. The van der Waals surface area contributed by atoms with Gasteiger partial charge < -0.3 is 10.1 Å². The molecule has 1 aromatic carbocycles. The highest BCUT2D eigenvalue weighted by Gasteiger charge is 2.30. The lowest BCUT2D eigenvalue weighted by Crippen LogP contribution is -2.09. The van der Waals surface area contributed by atoms with E-state index in [1.807, 2.05) is 0 Å². The molecule has 1 N–H and O–H groups in total. The van der Waals surface area contributed by atoms with Gasteiger partial charge in [0.15, 0.2) is 0 Å². The molecule has 1 heterocycles. The van der Waals surface area contributed by atoms with Gasteiger partial charge in [0.1, 0.15) is 5.75 Å². The summed E-state index contributed by atoms with van der Waals surface area (Å²) in [7, 11) is 0. The fourth-order valence-corrected chi connectivity index (χ4v) is 1.81. The number of pyridine rings is 1. The topological polar surface area (TPSA) is 51.2 Å². The standard InChI is InChI=1S/C16H15F3N2O2/c1-3-14(22)21-12-5-6-13(10(2)8-12)23-15-7-4-11(9-20-15)16(17,18)19/h4-9H,3H2,1-2H3,(H,21,22). The number of hydrogen-bond acceptors (Lipinski definition) is 3. The van der Waals surface area contributed by atoms with Crippen LogP contribution in [0.1, 0.15) is 24.5 Å². The Morgan fingerprint density at radius 1 is 1.26 bits per heavy atom. The largest absolute Gasteiger partial charge is 0.439 e. The van der Waals surface area contributed by atoms with E-state index in [0.29, 0.717) is 17.9 Å². The Morgan fingerprint density at radius 3 is 2.52 bits per heavy atom. The number of ether oxygens (including phenoxy) is 1. The number of alkyl halides is 3. The molecule has 0 aliphatic carbocycles. The SMILES string of the molecule is CCC(=O)Nc1ccc(Oc2ccc(C(F)(F)F)cn2)c(C)c1. The zero-order chi connectivity index (χ0) is 17.0. The second-order valence-electron chi connectivity index (χ2n) is 4.87. The van der Waals surface area contributed by atoms with E-state index in [0.717, 1.165) is 23.9 Å². The van der Waals surface area contributed by atoms with Crippen molar-refractivity contribution >= 4 is 11.6 Å². The molecule has 1 aromatic heterocycles. The molecule has 0 fully saturated rings. The van der Waals surface area contributed by atoms with Crippen LogP contribution in [0.3, 0.4) is 0 Å². The van der Waals surface area contributed by atoms with Gasteiger partial charge in [-0.15, -0.1) is 0 Å². The Labute approximate surface area is 131 Å². The minimum atomic E-state index is -4.43. The predicted octanol–water partition coefficient (Wildman–Crippen LogP) is 4.55. The van der Waals surface area contributed by atoms with Gasteiger partial charge >= 0.3 is 6.18 Å². The molecule has 2 rings (SSSR count). The summed E-state index contributed by atoms with van der Waals surface area (Å²) in [5, 5.41) is 2.71. The van der Waals surface area contributed by atoms with Crippen LogP contribution in [-0.4, -0.2) is 10.9 Å². The maximum absolute atomic E-state index is 12.5. The first kappa shape index (κ1) is 16.8. The van der Waals surface area contributed by atoms with Crippen LogP contribution in [0.2, 0.25) is 0 Å². The molecule has 2 aromatic rings. The number of anilines is 1. The lowest BCUT2D eigenvalue weighted by atomic mass is 10.2. The number of aryl methyl sites for hydroxylation is 1. The monoisotopic (exact) mass is 324 g/mol. The number of carbonyl (C=O) groups excluding carboxylic acids is 1. The normalized spacial score (nSPS) is 11.2. The van der Waals surface area contributed by atoms with E-state index in [9.17, 15) is 18.0 Å². The second-order valence-corrected chi connectivity index (χ2v) is 4.87. The van der Waals surface area contributed by atoms with Gasteiger partial charge in [-0.1, -0.05) is 6.92 Å². The van der Waals surface area contributed by atoms with Crippen molar-refractivity contribution in [3.63, 3.8) is 0 Å². The zero-order valence-corrected chi connectivity index (χ0v) is 12.6. The fourth-order valence-electron chi connectivity index (χ4n) is 1.81. The number of rotatable bonds is 4. The lowest BCUT2D eigenvalue weighted by Gasteiger charge is -2.11.